The highest BCUT2D eigenvalue weighted by atomic mass is 35.5. The van der Waals surface area contributed by atoms with Crippen LogP contribution in [0.3, 0.4) is 0 Å². The number of amidine groups is 1. The van der Waals surface area contributed by atoms with Crippen molar-refractivity contribution in [3.8, 4) is 0 Å². The number of carbonyl (C=O) groups excluding carboxylic acids is 4. The van der Waals surface area contributed by atoms with Gasteiger partial charge in [-0.25, -0.2) is 4.98 Å². The van der Waals surface area contributed by atoms with Crippen LogP contribution >= 0.6 is 11.6 Å². The Balaban J connectivity index is 1.60. The Hall–Kier alpha value is -3.99. The molecule has 1 atom stereocenters. The van der Waals surface area contributed by atoms with Crippen molar-refractivity contribution in [1.82, 2.24) is 25.8 Å². The molecule has 1 unspecified atom stereocenters. The van der Waals surface area contributed by atoms with Gasteiger partial charge in [0.1, 0.15) is 17.7 Å². The van der Waals surface area contributed by atoms with Gasteiger partial charge < -0.3 is 26.2 Å². The van der Waals surface area contributed by atoms with Gasteiger partial charge >= 0.3 is 11.8 Å². The lowest BCUT2D eigenvalue weighted by Crippen LogP contribution is -2.53. The third kappa shape index (κ3) is 6.51. The highest BCUT2D eigenvalue weighted by molar-refractivity contribution is 6.39. The van der Waals surface area contributed by atoms with Crippen molar-refractivity contribution in [2.45, 2.75) is 6.04 Å². The quantitative estimate of drug-likeness (QED) is 0.407. The number of hydrogen-bond donors (Lipinski definition) is 4. The summed E-state index contributed by atoms with van der Waals surface area (Å²) in [7, 11) is 3.04. The van der Waals surface area contributed by atoms with E-state index in [1.54, 1.807) is 24.3 Å². The van der Waals surface area contributed by atoms with Crippen molar-refractivity contribution in [2.75, 3.05) is 39.0 Å². The molecule has 1 aliphatic heterocycles. The van der Waals surface area contributed by atoms with Gasteiger partial charge in [-0.1, -0.05) is 23.7 Å². The molecule has 12 heteroatoms. The van der Waals surface area contributed by atoms with Crippen LogP contribution in [0.25, 0.3) is 0 Å². The van der Waals surface area contributed by atoms with Gasteiger partial charge in [-0.3, -0.25) is 24.2 Å². The summed E-state index contributed by atoms with van der Waals surface area (Å²) in [6, 6.07) is 8.61. The van der Waals surface area contributed by atoms with Gasteiger partial charge in [0.15, 0.2) is 0 Å². The molecule has 1 aromatic heterocycles. The lowest BCUT2D eigenvalue weighted by molar-refractivity contribution is -0.136. The van der Waals surface area contributed by atoms with E-state index in [1.165, 1.54) is 37.3 Å². The lowest BCUT2D eigenvalue weighted by Gasteiger charge is -2.22. The number of pyridine rings is 1. The van der Waals surface area contributed by atoms with Gasteiger partial charge in [0.25, 0.3) is 5.91 Å². The van der Waals surface area contributed by atoms with Crippen LogP contribution in [0.5, 0.6) is 0 Å². The summed E-state index contributed by atoms with van der Waals surface area (Å²) in [4.78, 5) is 59.1. The Morgan fingerprint density at radius 1 is 1.09 bits per heavy atom. The zero-order valence-electron chi connectivity index (χ0n) is 18.6. The SMILES string of the molecule is CN(C)C(=O)C(CNC(=O)C(=O)Nc1ccc(Cl)cn1)NC(=O)c1ccc(C2=NCCN2)cc1. The van der Waals surface area contributed by atoms with E-state index in [1.807, 2.05) is 0 Å². The molecule has 0 spiro atoms. The second-order valence-electron chi connectivity index (χ2n) is 7.52. The monoisotopic (exact) mass is 485 g/mol. The van der Waals surface area contributed by atoms with Crippen LogP contribution in [0.2, 0.25) is 5.02 Å². The normalized spacial score (nSPS) is 13.2. The number of hydrogen-bond acceptors (Lipinski definition) is 7. The summed E-state index contributed by atoms with van der Waals surface area (Å²) in [6.45, 7) is 1.18. The van der Waals surface area contributed by atoms with Crippen molar-refractivity contribution >= 4 is 46.9 Å². The standard InChI is InChI=1S/C22H24ClN7O4/c1-30(2)22(34)16(12-27-20(32)21(33)29-17-8-7-15(23)11-26-17)28-19(31)14-5-3-13(4-6-14)18-24-9-10-25-18/h3-8,11,16H,9-10,12H2,1-2H3,(H,24,25)(H,27,32)(H,28,31)(H,26,29,33). The molecule has 1 aromatic carbocycles. The largest absolute Gasteiger partial charge is 0.368 e. The molecule has 1 aliphatic rings. The van der Waals surface area contributed by atoms with Crippen LogP contribution in [-0.4, -0.2) is 79.1 Å². The summed E-state index contributed by atoms with van der Waals surface area (Å²) in [5.74, 6) is -2.01. The van der Waals surface area contributed by atoms with E-state index in [0.717, 1.165) is 17.9 Å². The Labute approximate surface area is 201 Å². The fraction of sp³-hybridized carbons (Fsp3) is 0.273. The third-order valence-electron chi connectivity index (χ3n) is 4.78. The van der Waals surface area contributed by atoms with Crippen molar-refractivity contribution in [1.29, 1.82) is 0 Å². The number of nitrogens with zero attached hydrogens (tertiary/aromatic N) is 3. The number of anilines is 1. The topological polar surface area (TPSA) is 145 Å². The van der Waals surface area contributed by atoms with E-state index in [-0.39, 0.29) is 12.4 Å². The molecule has 11 nitrogen and oxygen atoms in total. The molecule has 0 bridgehead atoms. The second-order valence-corrected chi connectivity index (χ2v) is 7.96. The van der Waals surface area contributed by atoms with Crippen LogP contribution < -0.4 is 21.3 Å². The second kappa shape index (κ2) is 11.2. The molecule has 178 valence electrons. The molecule has 34 heavy (non-hydrogen) atoms. The number of benzene rings is 1. The maximum atomic E-state index is 12.7. The lowest BCUT2D eigenvalue weighted by atomic mass is 10.1. The average Bonchev–Trinajstić information content (AvgIpc) is 3.37. The number of aromatic nitrogens is 1. The minimum Gasteiger partial charge on any atom is -0.368 e. The number of nitrogens with one attached hydrogen (secondary N) is 4. The minimum absolute atomic E-state index is 0.140. The average molecular weight is 486 g/mol. The van der Waals surface area contributed by atoms with Crippen LogP contribution in [0.1, 0.15) is 15.9 Å². The minimum atomic E-state index is -1.09. The first-order chi connectivity index (χ1) is 16.2. The summed E-state index contributed by atoms with van der Waals surface area (Å²) in [6.07, 6.45) is 1.32. The summed E-state index contributed by atoms with van der Waals surface area (Å²) in [5.41, 5.74) is 1.18. The predicted molar refractivity (Wildman–Crippen MR) is 127 cm³/mol. The zero-order chi connectivity index (χ0) is 24.7. The number of rotatable bonds is 7. The molecule has 0 saturated carbocycles. The third-order valence-corrected chi connectivity index (χ3v) is 5.00. The summed E-state index contributed by atoms with van der Waals surface area (Å²) < 4.78 is 0. The highest BCUT2D eigenvalue weighted by Crippen LogP contribution is 2.10. The molecule has 3 rings (SSSR count). The van der Waals surface area contributed by atoms with E-state index < -0.39 is 29.7 Å². The number of amides is 4. The molecular formula is C22H24ClN7O4. The van der Waals surface area contributed by atoms with Crippen LogP contribution in [0, 0.1) is 0 Å². The van der Waals surface area contributed by atoms with Gasteiger partial charge in [-0.2, -0.15) is 0 Å². The van der Waals surface area contributed by atoms with E-state index in [9.17, 15) is 19.2 Å². The molecule has 0 fully saturated rings. The van der Waals surface area contributed by atoms with Crippen LogP contribution in [-0.2, 0) is 14.4 Å². The Bertz CT molecular complexity index is 1100. The molecule has 0 aliphatic carbocycles. The smallest absolute Gasteiger partial charge is 0.314 e. The molecule has 2 heterocycles. The van der Waals surface area contributed by atoms with Gasteiger partial charge in [-0.15, -0.1) is 0 Å². The van der Waals surface area contributed by atoms with E-state index >= 15 is 0 Å². The first kappa shape index (κ1) is 24.6. The maximum Gasteiger partial charge on any atom is 0.314 e. The zero-order valence-corrected chi connectivity index (χ0v) is 19.3. The fourth-order valence-electron chi connectivity index (χ4n) is 3.02. The van der Waals surface area contributed by atoms with E-state index in [2.05, 4.69) is 31.2 Å². The van der Waals surface area contributed by atoms with Gasteiger partial charge in [0, 0.05) is 44.5 Å². The first-order valence-corrected chi connectivity index (χ1v) is 10.7. The fourth-order valence-corrected chi connectivity index (χ4v) is 3.13. The molecular weight excluding hydrogens is 462 g/mol. The van der Waals surface area contributed by atoms with Crippen molar-refractivity contribution in [3.05, 3.63) is 58.7 Å². The van der Waals surface area contributed by atoms with Gasteiger partial charge in [0.2, 0.25) is 5.91 Å². The van der Waals surface area contributed by atoms with Gasteiger partial charge in [-0.05, 0) is 24.3 Å². The van der Waals surface area contributed by atoms with Crippen LogP contribution in [0.15, 0.2) is 47.6 Å². The summed E-state index contributed by atoms with van der Waals surface area (Å²) >= 11 is 5.74. The molecule has 4 amide bonds. The van der Waals surface area contributed by atoms with Gasteiger partial charge in [0.05, 0.1) is 11.6 Å². The van der Waals surface area contributed by atoms with Crippen molar-refractivity contribution < 1.29 is 19.2 Å². The Kier molecular flexibility index (Phi) is 8.14. The van der Waals surface area contributed by atoms with Crippen molar-refractivity contribution in [2.24, 2.45) is 4.99 Å². The number of likely N-dealkylation sites (N-methyl/N-ethyl adjacent to an activating group) is 1. The van der Waals surface area contributed by atoms with Crippen molar-refractivity contribution in [3.63, 3.8) is 0 Å². The predicted octanol–water partition coefficient (Wildman–Crippen LogP) is 0.0263. The van der Waals surface area contributed by atoms with Crippen LogP contribution in [0.4, 0.5) is 5.82 Å². The maximum absolute atomic E-state index is 12.7. The first-order valence-electron chi connectivity index (χ1n) is 10.4. The van der Waals surface area contributed by atoms with E-state index in [4.69, 9.17) is 11.6 Å². The highest BCUT2D eigenvalue weighted by Gasteiger charge is 2.25. The number of carbonyl (C=O) groups is 4. The Morgan fingerprint density at radius 3 is 2.41 bits per heavy atom. The molecule has 4 N–H and O–H groups in total. The van der Waals surface area contributed by atoms with E-state index in [0.29, 0.717) is 17.1 Å². The Morgan fingerprint density at radius 2 is 1.82 bits per heavy atom. The molecule has 0 radical (unpaired) electrons. The summed E-state index contributed by atoms with van der Waals surface area (Å²) in [5, 5.41) is 10.8. The number of halogens is 1. The number of aliphatic imine (C=N–C) groups is 1. The molecule has 2 aromatic rings. The molecule has 0 saturated heterocycles.